The van der Waals surface area contributed by atoms with E-state index in [1.54, 1.807) is 0 Å². The second-order valence-electron chi connectivity index (χ2n) is 8.03. The zero-order valence-electron chi connectivity index (χ0n) is 15.6. The van der Waals surface area contributed by atoms with Crippen LogP contribution in [0.4, 0.5) is 4.79 Å². The van der Waals surface area contributed by atoms with Gasteiger partial charge in [0, 0.05) is 0 Å². The molecule has 6 nitrogen and oxygen atoms in total. The fourth-order valence-corrected chi connectivity index (χ4v) is 4.78. The molecular weight excluding hydrogens is 342 g/mol. The highest BCUT2D eigenvalue weighted by atomic mass is 16.2. The molecule has 1 saturated heterocycles. The number of benzene rings is 1. The molecule has 2 fully saturated rings. The third kappa shape index (κ3) is 3.45. The molecule has 27 heavy (non-hydrogen) atoms. The highest BCUT2D eigenvalue weighted by molar-refractivity contribution is 6.09. The standard InChI is InChI=1S/C21H27N3O3/c25-18(22-17-11-7-9-15-8-3-4-10-16(15)17)14-24-19(26)21(23-20(24)27)12-5-1-2-6-13-21/h3-4,8,10,17H,1-2,5-7,9,11-14H2,(H,22,25)(H,23,27)/t17-/m1/s1. The van der Waals surface area contributed by atoms with Crippen molar-refractivity contribution in [3.05, 3.63) is 35.4 Å². The molecular formula is C21H27N3O3. The summed E-state index contributed by atoms with van der Waals surface area (Å²) in [4.78, 5) is 39.1. The molecule has 0 aromatic heterocycles. The number of fused-ring (bicyclic) bond motifs is 1. The van der Waals surface area contributed by atoms with E-state index in [1.165, 1.54) is 5.56 Å². The number of carbonyl (C=O) groups excluding carboxylic acids is 3. The maximum Gasteiger partial charge on any atom is 0.325 e. The summed E-state index contributed by atoms with van der Waals surface area (Å²) in [7, 11) is 0. The largest absolute Gasteiger partial charge is 0.348 e. The minimum absolute atomic E-state index is 0.0462. The predicted molar refractivity (Wildman–Crippen MR) is 101 cm³/mol. The summed E-state index contributed by atoms with van der Waals surface area (Å²) in [5, 5.41) is 5.93. The molecule has 4 rings (SSSR count). The molecule has 0 radical (unpaired) electrons. The normalized spacial score (nSPS) is 24.3. The number of rotatable bonds is 3. The maximum absolute atomic E-state index is 12.9. The van der Waals surface area contributed by atoms with E-state index in [0.717, 1.165) is 55.4 Å². The smallest absolute Gasteiger partial charge is 0.325 e. The highest BCUT2D eigenvalue weighted by Gasteiger charge is 2.51. The SMILES string of the molecule is O=C(CN1C(=O)NC2(CCCCCC2)C1=O)N[C@@H]1CCCc2ccccc21. The van der Waals surface area contributed by atoms with Gasteiger partial charge in [0.05, 0.1) is 6.04 Å². The third-order valence-corrected chi connectivity index (χ3v) is 6.21. The average Bonchev–Trinajstić information content (AvgIpc) is 2.84. The Bertz CT molecular complexity index is 753. The molecule has 4 amide bonds. The van der Waals surface area contributed by atoms with E-state index in [2.05, 4.69) is 16.7 Å². The Labute approximate surface area is 159 Å². The number of amides is 4. The monoisotopic (exact) mass is 369 g/mol. The topological polar surface area (TPSA) is 78.5 Å². The van der Waals surface area contributed by atoms with Crippen molar-refractivity contribution < 1.29 is 14.4 Å². The first-order valence-corrected chi connectivity index (χ1v) is 10.1. The molecule has 1 atom stereocenters. The van der Waals surface area contributed by atoms with Gasteiger partial charge < -0.3 is 10.6 Å². The van der Waals surface area contributed by atoms with Crippen molar-refractivity contribution in [2.45, 2.75) is 69.4 Å². The first-order chi connectivity index (χ1) is 13.1. The first kappa shape index (κ1) is 18.0. The van der Waals surface area contributed by atoms with Gasteiger partial charge in [-0.05, 0) is 43.2 Å². The van der Waals surface area contributed by atoms with E-state index < -0.39 is 11.6 Å². The van der Waals surface area contributed by atoms with E-state index in [9.17, 15) is 14.4 Å². The Morgan fingerprint density at radius 2 is 1.85 bits per heavy atom. The predicted octanol–water partition coefficient (Wildman–Crippen LogP) is 2.83. The van der Waals surface area contributed by atoms with Gasteiger partial charge in [0.2, 0.25) is 5.91 Å². The van der Waals surface area contributed by atoms with E-state index in [4.69, 9.17) is 0 Å². The summed E-state index contributed by atoms with van der Waals surface area (Å²) < 4.78 is 0. The lowest BCUT2D eigenvalue weighted by atomic mass is 9.88. The zero-order chi connectivity index (χ0) is 18.9. The molecule has 1 heterocycles. The molecule has 0 bridgehead atoms. The quantitative estimate of drug-likeness (QED) is 0.804. The van der Waals surface area contributed by atoms with Crippen LogP contribution in [0.5, 0.6) is 0 Å². The summed E-state index contributed by atoms with van der Waals surface area (Å²) >= 11 is 0. The fraction of sp³-hybridized carbons (Fsp3) is 0.571. The molecule has 144 valence electrons. The van der Waals surface area contributed by atoms with Crippen LogP contribution in [0.25, 0.3) is 0 Å². The van der Waals surface area contributed by atoms with E-state index in [0.29, 0.717) is 12.8 Å². The van der Waals surface area contributed by atoms with Crippen LogP contribution < -0.4 is 10.6 Å². The van der Waals surface area contributed by atoms with Gasteiger partial charge >= 0.3 is 6.03 Å². The number of hydrogen-bond donors (Lipinski definition) is 2. The minimum atomic E-state index is -0.786. The van der Waals surface area contributed by atoms with E-state index >= 15 is 0 Å². The molecule has 1 aromatic carbocycles. The summed E-state index contributed by atoms with van der Waals surface area (Å²) in [6, 6.07) is 7.67. The van der Waals surface area contributed by atoms with Crippen LogP contribution in [0.3, 0.4) is 0 Å². The Morgan fingerprint density at radius 1 is 1.11 bits per heavy atom. The van der Waals surface area contributed by atoms with Crippen LogP contribution in [0.2, 0.25) is 0 Å². The van der Waals surface area contributed by atoms with Gasteiger partial charge in [-0.25, -0.2) is 4.79 Å². The van der Waals surface area contributed by atoms with Crippen molar-refractivity contribution in [2.75, 3.05) is 6.54 Å². The van der Waals surface area contributed by atoms with Crippen molar-refractivity contribution in [3.8, 4) is 0 Å². The molecule has 1 spiro atoms. The fourth-order valence-electron chi connectivity index (χ4n) is 4.78. The summed E-state index contributed by atoms with van der Waals surface area (Å²) in [6.45, 7) is -0.203. The van der Waals surface area contributed by atoms with Crippen molar-refractivity contribution in [1.82, 2.24) is 15.5 Å². The van der Waals surface area contributed by atoms with Gasteiger partial charge in [-0.15, -0.1) is 0 Å². The number of aryl methyl sites for hydroxylation is 1. The lowest BCUT2D eigenvalue weighted by Crippen LogP contribution is -2.47. The van der Waals surface area contributed by atoms with E-state index in [-0.39, 0.29) is 24.4 Å². The minimum Gasteiger partial charge on any atom is -0.348 e. The number of nitrogens with one attached hydrogen (secondary N) is 2. The van der Waals surface area contributed by atoms with Crippen molar-refractivity contribution >= 4 is 17.8 Å². The highest BCUT2D eigenvalue weighted by Crippen LogP contribution is 2.33. The van der Waals surface area contributed by atoms with Crippen molar-refractivity contribution in [2.24, 2.45) is 0 Å². The van der Waals surface area contributed by atoms with Gasteiger partial charge in [0.15, 0.2) is 0 Å². The van der Waals surface area contributed by atoms with Crippen LogP contribution in [0, 0.1) is 0 Å². The molecule has 6 heteroatoms. The van der Waals surface area contributed by atoms with Gasteiger partial charge in [-0.2, -0.15) is 0 Å². The zero-order valence-corrected chi connectivity index (χ0v) is 15.6. The van der Waals surface area contributed by atoms with Crippen molar-refractivity contribution in [1.29, 1.82) is 0 Å². The number of imide groups is 1. The van der Waals surface area contributed by atoms with Crippen LogP contribution in [0.1, 0.15) is 68.5 Å². The second kappa shape index (κ2) is 7.33. The Kier molecular flexibility index (Phi) is 4.89. The van der Waals surface area contributed by atoms with Crippen molar-refractivity contribution in [3.63, 3.8) is 0 Å². The lowest BCUT2D eigenvalue weighted by Gasteiger charge is -2.27. The van der Waals surface area contributed by atoms with Crippen LogP contribution in [-0.2, 0) is 16.0 Å². The lowest BCUT2D eigenvalue weighted by molar-refractivity contribution is -0.135. The molecule has 1 aromatic rings. The van der Waals surface area contributed by atoms with Crippen LogP contribution in [0.15, 0.2) is 24.3 Å². The third-order valence-electron chi connectivity index (χ3n) is 6.21. The average molecular weight is 369 g/mol. The number of hydrogen-bond acceptors (Lipinski definition) is 3. The molecule has 2 aliphatic carbocycles. The molecule has 2 N–H and O–H groups in total. The maximum atomic E-state index is 12.9. The van der Waals surface area contributed by atoms with Gasteiger partial charge in [-0.3, -0.25) is 14.5 Å². The van der Waals surface area contributed by atoms with Gasteiger partial charge in [0.1, 0.15) is 12.1 Å². The molecule has 3 aliphatic rings. The Morgan fingerprint density at radius 3 is 2.63 bits per heavy atom. The number of nitrogens with zero attached hydrogens (tertiary/aromatic N) is 1. The Balaban J connectivity index is 1.43. The van der Waals surface area contributed by atoms with Crippen LogP contribution >= 0.6 is 0 Å². The molecule has 1 aliphatic heterocycles. The molecule has 0 unspecified atom stereocenters. The van der Waals surface area contributed by atoms with E-state index in [1.807, 2.05) is 18.2 Å². The number of urea groups is 1. The Hall–Kier alpha value is -2.37. The summed E-state index contributed by atoms with van der Waals surface area (Å²) in [6.07, 6.45) is 8.32. The second-order valence-corrected chi connectivity index (χ2v) is 8.03. The number of carbonyl (C=O) groups is 3. The first-order valence-electron chi connectivity index (χ1n) is 10.1. The van der Waals surface area contributed by atoms with Crippen LogP contribution in [-0.4, -0.2) is 34.8 Å². The van der Waals surface area contributed by atoms with Gasteiger partial charge in [-0.1, -0.05) is 49.9 Å². The summed E-state index contributed by atoms with van der Waals surface area (Å²) in [5.41, 5.74) is 1.63. The summed E-state index contributed by atoms with van der Waals surface area (Å²) in [5.74, 6) is -0.500. The molecule has 1 saturated carbocycles. The van der Waals surface area contributed by atoms with Gasteiger partial charge in [0.25, 0.3) is 5.91 Å².